The molecule has 1 atom stereocenters. The molecule has 2 aromatic rings. The molecule has 3 rings (SSSR count). The maximum atomic E-state index is 14.2. The number of aryl methyl sites for hydroxylation is 1. The zero-order valence-electron chi connectivity index (χ0n) is 12.2. The van der Waals surface area contributed by atoms with Gasteiger partial charge in [0.15, 0.2) is 0 Å². The van der Waals surface area contributed by atoms with Gasteiger partial charge in [-0.1, -0.05) is 0 Å². The smallest absolute Gasteiger partial charge is 0.144 e. The van der Waals surface area contributed by atoms with Crippen molar-refractivity contribution in [3.05, 3.63) is 52.0 Å². The molecule has 1 fully saturated rings. The summed E-state index contributed by atoms with van der Waals surface area (Å²) in [5, 5.41) is 3.31. The fourth-order valence-corrected chi connectivity index (χ4v) is 3.18. The van der Waals surface area contributed by atoms with E-state index in [2.05, 4.69) is 31.1 Å². The Balaban J connectivity index is 1.90. The second-order valence-corrected chi connectivity index (χ2v) is 6.26. The zero-order valence-corrected chi connectivity index (χ0v) is 13.8. The topological polar surface area (TPSA) is 33.1 Å². The van der Waals surface area contributed by atoms with Crippen molar-refractivity contribution >= 4 is 15.9 Å². The quantitative estimate of drug-likeness (QED) is 0.843. The number of benzene rings is 1. The number of imidazole rings is 1. The molecular formula is C15H17BrF2N4. The highest BCUT2D eigenvalue weighted by Crippen LogP contribution is 2.27. The van der Waals surface area contributed by atoms with Crippen molar-refractivity contribution in [2.24, 2.45) is 7.05 Å². The fourth-order valence-electron chi connectivity index (χ4n) is 2.81. The van der Waals surface area contributed by atoms with Crippen molar-refractivity contribution < 1.29 is 8.78 Å². The van der Waals surface area contributed by atoms with Gasteiger partial charge >= 0.3 is 0 Å². The standard InChI is InChI=1S/C15H17BrF2N4/c1-21-6-5-20-15(21)13-8-19-4-7-22(13)9-10-12(17)3-2-11(16)14(10)18/h2-3,5-6,13,19H,4,7-9H2,1H3. The third-order valence-corrected chi connectivity index (χ3v) is 4.62. The van der Waals surface area contributed by atoms with Crippen LogP contribution in [0.25, 0.3) is 0 Å². The van der Waals surface area contributed by atoms with E-state index < -0.39 is 11.6 Å². The molecule has 0 amide bonds. The lowest BCUT2D eigenvalue weighted by molar-refractivity contribution is 0.141. The summed E-state index contributed by atoms with van der Waals surface area (Å²) in [6, 6.07) is 2.68. The molecule has 7 heteroatoms. The Bertz CT molecular complexity index is 674. The molecule has 0 radical (unpaired) electrons. The number of nitrogens with zero attached hydrogens (tertiary/aromatic N) is 3. The highest BCUT2D eigenvalue weighted by atomic mass is 79.9. The molecule has 1 saturated heterocycles. The van der Waals surface area contributed by atoms with Gasteiger partial charge in [-0.05, 0) is 28.1 Å². The van der Waals surface area contributed by atoms with Gasteiger partial charge in [-0.25, -0.2) is 13.8 Å². The van der Waals surface area contributed by atoms with Crippen molar-refractivity contribution in [3.63, 3.8) is 0 Å². The van der Waals surface area contributed by atoms with Gasteiger partial charge in [0.05, 0.1) is 10.5 Å². The van der Waals surface area contributed by atoms with E-state index in [1.807, 2.05) is 17.8 Å². The van der Waals surface area contributed by atoms with Crippen LogP contribution in [-0.4, -0.2) is 34.1 Å². The van der Waals surface area contributed by atoms with E-state index in [0.717, 1.165) is 12.4 Å². The average Bonchev–Trinajstić information content (AvgIpc) is 2.94. The van der Waals surface area contributed by atoms with Crippen molar-refractivity contribution in [3.8, 4) is 0 Å². The number of nitrogens with one attached hydrogen (secondary N) is 1. The van der Waals surface area contributed by atoms with Gasteiger partial charge < -0.3 is 9.88 Å². The Labute approximate surface area is 136 Å². The maximum Gasteiger partial charge on any atom is 0.144 e. The molecule has 22 heavy (non-hydrogen) atoms. The Morgan fingerprint density at radius 1 is 1.41 bits per heavy atom. The molecule has 4 nitrogen and oxygen atoms in total. The van der Waals surface area contributed by atoms with Crippen LogP contribution in [-0.2, 0) is 13.6 Å². The van der Waals surface area contributed by atoms with Crippen LogP contribution in [0.3, 0.4) is 0 Å². The SMILES string of the molecule is Cn1ccnc1C1CNCCN1Cc1c(F)ccc(Br)c1F. The summed E-state index contributed by atoms with van der Waals surface area (Å²) in [5.74, 6) is -0.155. The Hall–Kier alpha value is -1.31. The molecule has 1 aromatic carbocycles. The number of halogens is 3. The first-order valence-corrected chi connectivity index (χ1v) is 7.91. The van der Waals surface area contributed by atoms with Crippen LogP contribution in [0.5, 0.6) is 0 Å². The monoisotopic (exact) mass is 370 g/mol. The van der Waals surface area contributed by atoms with Crippen LogP contribution in [0.2, 0.25) is 0 Å². The number of piperazine rings is 1. The lowest BCUT2D eigenvalue weighted by atomic mass is 10.1. The zero-order chi connectivity index (χ0) is 15.7. The van der Waals surface area contributed by atoms with E-state index in [4.69, 9.17) is 0 Å². The van der Waals surface area contributed by atoms with E-state index in [1.165, 1.54) is 12.1 Å². The first-order valence-electron chi connectivity index (χ1n) is 7.12. The summed E-state index contributed by atoms with van der Waals surface area (Å²) in [6.45, 7) is 2.43. The summed E-state index contributed by atoms with van der Waals surface area (Å²) in [7, 11) is 1.93. The van der Waals surface area contributed by atoms with Crippen molar-refractivity contribution in [1.82, 2.24) is 19.8 Å². The molecule has 0 spiro atoms. The molecule has 0 aliphatic carbocycles. The van der Waals surface area contributed by atoms with Crippen LogP contribution in [0.4, 0.5) is 8.78 Å². The normalized spacial score (nSPS) is 19.5. The lowest BCUT2D eigenvalue weighted by Crippen LogP contribution is -2.46. The van der Waals surface area contributed by atoms with Crippen LogP contribution in [0.1, 0.15) is 17.4 Å². The average molecular weight is 371 g/mol. The number of rotatable bonds is 3. The molecule has 0 bridgehead atoms. The maximum absolute atomic E-state index is 14.2. The largest absolute Gasteiger partial charge is 0.337 e. The second-order valence-electron chi connectivity index (χ2n) is 5.41. The van der Waals surface area contributed by atoms with E-state index >= 15 is 0 Å². The summed E-state index contributed by atoms with van der Waals surface area (Å²) >= 11 is 3.12. The third-order valence-electron chi connectivity index (χ3n) is 4.01. The summed E-state index contributed by atoms with van der Waals surface area (Å²) in [4.78, 5) is 6.44. The van der Waals surface area contributed by atoms with Crippen molar-refractivity contribution in [1.29, 1.82) is 0 Å². The lowest BCUT2D eigenvalue weighted by Gasteiger charge is -2.35. The molecule has 1 aromatic heterocycles. The second kappa shape index (κ2) is 6.44. The van der Waals surface area contributed by atoms with Crippen LogP contribution >= 0.6 is 15.9 Å². The van der Waals surface area contributed by atoms with Crippen molar-refractivity contribution in [2.75, 3.05) is 19.6 Å². The van der Waals surface area contributed by atoms with Gasteiger partial charge in [-0.2, -0.15) is 0 Å². The molecule has 1 unspecified atom stereocenters. The van der Waals surface area contributed by atoms with Gasteiger partial charge in [0.2, 0.25) is 0 Å². The Kier molecular flexibility index (Phi) is 4.56. The summed E-state index contributed by atoms with van der Waals surface area (Å²) < 4.78 is 30.5. The highest BCUT2D eigenvalue weighted by molar-refractivity contribution is 9.10. The van der Waals surface area contributed by atoms with Gasteiger partial charge in [-0.3, -0.25) is 4.90 Å². The minimum atomic E-state index is -0.530. The van der Waals surface area contributed by atoms with E-state index in [9.17, 15) is 8.78 Å². The molecule has 118 valence electrons. The number of hydrogen-bond acceptors (Lipinski definition) is 3. The van der Waals surface area contributed by atoms with Gasteiger partial charge in [-0.15, -0.1) is 0 Å². The molecule has 2 heterocycles. The van der Waals surface area contributed by atoms with E-state index in [-0.39, 0.29) is 22.6 Å². The Morgan fingerprint density at radius 3 is 2.95 bits per heavy atom. The minimum Gasteiger partial charge on any atom is -0.337 e. The molecular weight excluding hydrogens is 354 g/mol. The van der Waals surface area contributed by atoms with Gasteiger partial charge in [0.1, 0.15) is 17.5 Å². The molecule has 0 saturated carbocycles. The first kappa shape index (κ1) is 15.6. The minimum absolute atomic E-state index is 0.00784. The molecule has 1 aliphatic heterocycles. The third kappa shape index (κ3) is 2.93. The van der Waals surface area contributed by atoms with Crippen LogP contribution in [0.15, 0.2) is 29.0 Å². The fraction of sp³-hybridized carbons (Fsp3) is 0.400. The van der Waals surface area contributed by atoms with Crippen molar-refractivity contribution in [2.45, 2.75) is 12.6 Å². The van der Waals surface area contributed by atoms with Crippen LogP contribution in [0, 0.1) is 11.6 Å². The van der Waals surface area contributed by atoms with Gasteiger partial charge in [0.25, 0.3) is 0 Å². The van der Waals surface area contributed by atoms with Gasteiger partial charge in [0, 0.05) is 51.2 Å². The van der Waals surface area contributed by atoms with E-state index in [1.54, 1.807) is 6.20 Å². The summed E-state index contributed by atoms with van der Waals surface area (Å²) in [6.07, 6.45) is 3.62. The molecule has 1 N–H and O–H groups in total. The van der Waals surface area contributed by atoms with Crippen LogP contribution < -0.4 is 5.32 Å². The highest BCUT2D eigenvalue weighted by Gasteiger charge is 2.28. The number of hydrogen-bond donors (Lipinski definition) is 1. The first-order chi connectivity index (χ1) is 10.6. The molecule has 1 aliphatic rings. The van der Waals surface area contributed by atoms with E-state index in [0.29, 0.717) is 13.1 Å². The Morgan fingerprint density at radius 2 is 2.23 bits per heavy atom. The predicted molar refractivity (Wildman–Crippen MR) is 83.3 cm³/mol. The summed E-state index contributed by atoms with van der Waals surface area (Å²) in [5.41, 5.74) is 0.0930. The predicted octanol–water partition coefficient (Wildman–Crippen LogP) is 2.61. The number of aromatic nitrogens is 2.